The maximum Gasteiger partial charge on any atom is 0.339 e. The number of nitrogen functional groups attached to an aromatic ring is 1. The van der Waals surface area contributed by atoms with Crippen LogP contribution in [0.2, 0.25) is 5.02 Å². The Morgan fingerprint density at radius 3 is 2.41 bits per heavy atom. The van der Waals surface area contributed by atoms with Gasteiger partial charge in [0.05, 0.1) is 30.5 Å². The van der Waals surface area contributed by atoms with Gasteiger partial charge >= 0.3 is 5.97 Å². The van der Waals surface area contributed by atoms with Crippen LogP contribution >= 0.6 is 11.6 Å². The van der Waals surface area contributed by atoms with Gasteiger partial charge in [-0.1, -0.05) is 29.7 Å². The van der Waals surface area contributed by atoms with Crippen molar-refractivity contribution in [2.45, 2.75) is 52.9 Å². The second-order valence-corrected chi connectivity index (χ2v) is 9.24. The summed E-state index contributed by atoms with van der Waals surface area (Å²) < 4.78 is 13.4. The average molecular weight is 453 g/mol. The topological polar surface area (TPSA) is 66.5 Å². The Balaban J connectivity index is 2.50. The molecule has 1 atom stereocenters. The van der Waals surface area contributed by atoms with Crippen LogP contribution in [0.1, 0.15) is 43.7 Å². The van der Waals surface area contributed by atoms with Crippen LogP contribution in [0, 0.1) is 26.2 Å². The summed E-state index contributed by atoms with van der Waals surface area (Å²) in [6.45, 7) is 9.97. The lowest BCUT2D eigenvalue weighted by molar-refractivity contribution is -0.164. The summed E-state index contributed by atoms with van der Waals surface area (Å²) in [5.74, 6) is 2.21. The third-order valence-electron chi connectivity index (χ3n) is 5.44. The smallest absolute Gasteiger partial charge is 0.339 e. The van der Waals surface area contributed by atoms with Crippen LogP contribution in [-0.2, 0) is 20.8 Å². The summed E-state index contributed by atoms with van der Waals surface area (Å²) in [6.07, 6.45) is 4.67. The van der Waals surface area contributed by atoms with E-state index >= 15 is 0 Å². The van der Waals surface area contributed by atoms with Gasteiger partial charge in [-0.15, -0.1) is 6.42 Å². The number of nitrogens with zero attached hydrogens (tertiary/aromatic N) is 1. The quantitative estimate of drug-likeness (QED) is 0.301. The van der Waals surface area contributed by atoms with Gasteiger partial charge in [-0.2, -0.15) is 0 Å². The molecule has 3 rings (SSSR count). The zero-order chi connectivity index (χ0) is 23.8. The highest BCUT2D eigenvalue weighted by Gasteiger charge is 2.34. The Kier molecular flexibility index (Phi) is 6.59. The number of benzene rings is 2. The van der Waals surface area contributed by atoms with Crippen molar-refractivity contribution in [3.05, 3.63) is 52.2 Å². The molecule has 0 fully saturated rings. The van der Waals surface area contributed by atoms with E-state index in [1.807, 2.05) is 69.5 Å². The molecule has 0 radical (unpaired) electrons. The number of esters is 1. The van der Waals surface area contributed by atoms with Crippen molar-refractivity contribution in [2.24, 2.45) is 0 Å². The van der Waals surface area contributed by atoms with Gasteiger partial charge in [-0.3, -0.25) is 0 Å². The normalized spacial score (nSPS) is 12.6. The SMILES string of the molecule is C#CCn1c(C)cc2c(-c3ccc(Cl)cc3)c([C@H](OC(C)(C)C)C(=O)OC)c(C)c(N)c21. The first kappa shape index (κ1) is 23.7. The van der Waals surface area contributed by atoms with Gasteiger partial charge in [0.15, 0.2) is 6.10 Å². The van der Waals surface area contributed by atoms with E-state index in [0.717, 1.165) is 33.3 Å². The van der Waals surface area contributed by atoms with Gasteiger partial charge in [0.25, 0.3) is 0 Å². The highest BCUT2D eigenvalue weighted by molar-refractivity contribution is 6.30. The number of carbonyl (C=O) groups is 1. The van der Waals surface area contributed by atoms with Gasteiger partial charge in [-0.25, -0.2) is 4.79 Å². The summed E-state index contributed by atoms with van der Waals surface area (Å²) in [7, 11) is 1.36. The number of hydrogen-bond donors (Lipinski definition) is 1. The van der Waals surface area contributed by atoms with Crippen LogP contribution in [-0.4, -0.2) is 23.2 Å². The van der Waals surface area contributed by atoms with E-state index in [0.29, 0.717) is 22.8 Å². The number of terminal acetylenes is 1. The van der Waals surface area contributed by atoms with Gasteiger partial charge in [-0.05, 0) is 69.5 Å². The van der Waals surface area contributed by atoms with Crippen LogP contribution in [0.5, 0.6) is 0 Å². The minimum absolute atomic E-state index is 0.386. The van der Waals surface area contributed by atoms with Gasteiger partial charge in [0, 0.05) is 21.7 Å². The zero-order valence-corrected chi connectivity index (χ0v) is 20.1. The number of methoxy groups -OCH3 is 1. The molecule has 6 heteroatoms. The maximum atomic E-state index is 13.0. The maximum absolute atomic E-state index is 13.0. The first-order valence-electron chi connectivity index (χ1n) is 10.4. The number of rotatable bonds is 5. The third kappa shape index (κ3) is 4.34. The molecule has 3 aromatic rings. The number of nitrogens with two attached hydrogens (primary N) is 1. The number of carbonyl (C=O) groups excluding carboxylic acids is 1. The number of aryl methyl sites for hydroxylation is 1. The van der Waals surface area contributed by atoms with Crippen LogP contribution in [0.3, 0.4) is 0 Å². The van der Waals surface area contributed by atoms with E-state index in [2.05, 4.69) is 5.92 Å². The van der Waals surface area contributed by atoms with E-state index in [1.54, 1.807) is 0 Å². The van der Waals surface area contributed by atoms with Crippen LogP contribution in [0.4, 0.5) is 5.69 Å². The number of halogens is 1. The molecule has 0 saturated heterocycles. The largest absolute Gasteiger partial charge is 0.467 e. The predicted octanol–water partition coefficient (Wildman–Crippen LogP) is 5.82. The van der Waals surface area contributed by atoms with Crippen molar-refractivity contribution in [1.29, 1.82) is 0 Å². The van der Waals surface area contributed by atoms with Crippen molar-refractivity contribution < 1.29 is 14.3 Å². The molecule has 168 valence electrons. The molecule has 32 heavy (non-hydrogen) atoms. The van der Waals surface area contributed by atoms with Gasteiger partial charge in [0.1, 0.15) is 0 Å². The van der Waals surface area contributed by atoms with E-state index < -0.39 is 17.7 Å². The summed E-state index contributed by atoms with van der Waals surface area (Å²) in [5, 5.41) is 1.51. The predicted molar refractivity (Wildman–Crippen MR) is 131 cm³/mol. The van der Waals surface area contributed by atoms with Gasteiger partial charge in [0.2, 0.25) is 0 Å². The summed E-state index contributed by atoms with van der Waals surface area (Å²) in [6, 6.07) is 9.54. The van der Waals surface area contributed by atoms with Crippen molar-refractivity contribution in [3.63, 3.8) is 0 Å². The minimum atomic E-state index is -0.964. The lowest BCUT2D eigenvalue weighted by Gasteiger charge is -2.29. The molecule has 0 amide bonds. The summed E-state index contributed by atoms with van der Waals surface area (Å²) >= 11 is 6.16. The molecular formula is C26H29ClN2O3. The highest BCUT2D eigenvalue weighted by atomic mass is 35.5. The highest BCUT2D eigenvalue weighted by Crippen LogP contribution is 2.45. The number of fused-ring (bicyclic) bond motifs is 1. The monoisotopic (exact) mass is 452 g/mol. The van der Waals surface area contributed by atoms with Crippen LogP contribution in [0.25, 0.3) is 22.0 Å². The minimum Gasteiger partial charge on any atom is -0.467 e. The molecule has 0 saturated carbocycles. The molecule has 1 heterocycles. The van der Waals surface area contributed by atoms with E-state index in [9.17, 15) is 4.79 Å². The first-order chi connectivity index (χ1) is 15.0. The second-order valence-electron chi connectivity index (χ2n) is 8.81. The second kappa shape index (κ2) is 8.90. The lowest BCUT2D eigenvalue weighted by atomic mass is 9.88. The molecular weight excluding hydrogens is 424 g/mol. The molecule has 2 aromatic carbocycles. The fourth-order valence-electron chi connectivity index (χ4n) is 4.05. The Bertz CT molecular complexity index is 1210. The molecule has 5 nitrogen and oxygen atoms in total. The Morgan fingerprint density at radius 2 is 1.88 bits per heavy atom. The molecule has 0 aliphatic heterocycles. The fourth-order valence-corrected chi connectivity index (χ4v) is 4.18. The third-order valence-corrected chi connectivity index (χ3v) is 5.69. The molecule has 0 unspecified atom stereocenters. The van der Waals surface area contributed by atoms with Crippen molar-refractivity contribution in [1.82, 2.24) is 4.57 Å². The number of ether oxygens (including phenoxy) is 2. The number of hydrogen-bond acceptors (Lipinski definition) is 4. The number of anilines is 1. The fraction of sp³-hybridized carbons (Fsp3) is 0.346. The summed E-state index contributed by atoms with van der Waals surface area (Å²) in [4.78, 5) is 13.0. The zero-order valence-electron chi connectivity index (χ0n) is 19.4. The summed E-state index contributed by atoms with van der Waals surface area (Å²) in [5.41, 5.74) is 11.6. The average Bonchev–Trinajstić information content (AvgIpc) is 3.05. The van der Waals surface area contributed by atoms with Gasteiger partial charge < -0.3 is 19.8 Å². The first-order valence-corrected chi connectivity index (χ1v) is 10.7. The van der Waals surface area contributed by atoms with Crippen LogP contribution in [0.15, 0.2) is 30.3 Å². The van der Waals surface area contributed by atoms with Crippen LogP contribution < -0.4 is 5.73 Å². The standard InChI is InChI=1S/C26H29ClN2O3/c1-8-13-29-15(2)14-19-21(17-9-11-18(27)12-10-17)20(16(3)22(28)23(19)29)24(25(30)31-7)32-26(4,5)6/h1,9-12,14,24H,13,28H2,2-7H3/t24-/m0/s1. The molecule has 0 aliphatic carbocycles. The Hall–Kier alpha value is -2.94. The van der Waals surface area contributed by atoms with Crippen molar-refractivity contribution in [2.75, 3.05) is 12.8 Å². The molecule has 2 N–H and O–H groups in total. The number of aromatic nitrogens is 1. The molecule has 0 aliphatic rings. The van der Waals surface area contributed by atoms with E-state index in [4.69, 9.17) is 33.2 Å². The molecule has 0 bridgehead atoms. The van der Waals surface area contributed by atoms with Crippen molar-refractivity contribution in [3.8, 4) is 23.5 Å². The Labute approximate surface area is 194 Å². The van der Waals surface area contributed by atoms with E-state index in [1.165, 1.54) is 7.11 Å². The van der Waals surface area contributed by atoms with E-state index in [-0.39, 0.29) is 0 Å². The molecule has 1 aromatic heterocycles. The Morgan fingerprint density at radius 1 is 1.25 bits per heavy atom. The lowest BCUT2D eigenvalue weighted by Crippen LogP contribution is -2.29. The molecule has 0 spiro atoms. The van der Waals surface area contributed by atoms with Crippen molar-refractivity contribution >= 4 is 34.2 Å².